The van der Waals surface area contributed by atoms with E-state index in [1.165, 1.54) is 0 Å². The Morgan fingerprint density at radius 2 is 0.500 bits per heavy atom. The fraction of sp³-hybridized carbons (Fsp3) is 0. The van der Waals surface area contributed by atoms with Gasteiger partial charge < -0.3 is 0 Å². The van der Waals surface area contributed by atoms with Crippen molar-refractivity contribution in [3.63, 3.8) is 0 Å². The molecule has 0 N–H and O–H groups in total. The quantitative estimate of drug-likeness (QED) is 0.386. The summed E-state index contributed by atoms with van der Waals surface area (Å²) in [5, 5.41) is 0. The molecule has 0 aromatic heterocycles. The molecular formula is H4Al5LiO10. The zero-order valence-corrected chi connectivity index (χ0v) is 13.7. The van der Waals surface area contributed by atoms with Crippen LogP contribution in [-0.4, -0.2) is 77.4 Å². The van der Waals surface area contributed by atoms with Gasteiger partial charge >= 0.3 is 142 Å². The first kappa shape index (κ1) is 36.0. The third-order valence-corrected chi connectivity index (χ3v) is 0. The van der Waals surface area contributed by atoms with Crippen molar-refractivity contribution in [2.45, 2.75) is 0 Å². The molecule has 0 bridgehead atoms. The molecule has 0 heterocycles. The summed E-state index contributed by atoms with van der Waals surface area (Å²) in [6.45, 7) is 0. The van der Waals surface area contributed by atoms with Gasteiger partial charge in [-0.15, -0.1) is 0 Å². The van der Waals surface area contributed by atoms with E-state index in [4.69, 9.17) is 39.8 Å². The predicted molar refractivity (Wildman–Crippen MR) is 36.7 cm³/mol. The molecule has 0 unspecified atom stereocenters. The Bertz CT molecular complexity index is 106. The molecule has 0 aliphatic carbocycles. The standard InChI is InChI=1S/5Al.Li.10O/q;;;;;+1;;;;;;5*-1/p+4. The van der Waals surface area contributed by atoms with E-state index in [-0.39, 0.29) is 24.6 Å². The number of hydrogen-bond donors (Lipinski definition) is 0. The van der Waals surface area contributed by atoms with Crippen LogP contribution in [0.15, 0.2) is 0 Å². The topological polar surface area (TPSA) is 201 Å². The Hall–Kier alpha value is 1.26. The van der Waals surface area contributed by atoms with Gasteiger partial charge in [-0.1, -0.05) is 0 Å². The van der Waals surface area contributed by atoms with Crippen LogP contribution >= 0.6 is 0 Å². The number of rotatable bonds is 0. The molecule has 0 aromatic rings. The Kier molecular flexibility index (Phi) is 217. The molecule has 0 saturated carbocycles. The fourth-order valence-corrected chi connectivity index (χ4v) is 0. The van der Waals surface area contributed by atoms with Crippen molar-refractivity contribution >= 4 is 77.4 Å². The van der Waals surface area contributed by atoms with Gasteiger partial charge in [-0.25, -0.2) is 0 Å². The van der Waals surface area contributed by atoms with Crippen molar-refractivity contribution in [1.82, 2.24) is 0 Å². The van der Waals surface area contributed by atoms with Gasteiger partial charge in [0.1, 0.15) is 0 Å². The van der Waals surface area contributed by atoms with E-state index < -0.39 is 77.4 Å². The van der Waals surface area contributed by atoms with E-state index >= 15 is 0 Å². The average Bonchev–Trinajstić information content (AvgIpc) is 2.09. The molecule has 0 rings (SSSR count). The maximum absolute atomic E-state index is 8.46. The summed E-state index contributed by atoms with van der Waals surface area (Å²) in [6, 6.07) is 0. The van der Waals surface area contributed by atoms with Gasteiger partial charge in [0, 0.05) is 0 Å². The molecule has 0 fully saturated rings. The maximum atomic E-state index is 8.46. The third-order valence-electron chi connectivity index (χ3n) is 0. The van der Waals surface area contributed by atoms with E-state index in [1.807, 2.05) is 0 Å². The molecule has 16 heavy (non-hydrogen) atoms. The molecule has 0 aromatic carbocycles. The molecule has 80 valence electrons. The van der Waals surface area contributed by atoms with E-state index in [0.717, 1.165) is 0 Å². The molecule has 10 nitrogen and oxygen atoms in total. The third kappa shape index (κ3) is 1960. The Balaban J connectivity index is -0.00000000735. The molecule has 0 radical (unpaired) electrons. The summed E-state index contributed by atoms with van der Waals surface area (Å²) in [6.07, 6.45) is 0. The number of hydrogen-bond acceptors (Lipinski definition) is 10. The molecule has 0 saturated heterocycles. The molecule has 0 amide bonds. The minimum absolute atomic E-state index is 0. The van der Waals surface area contributed by atoms with Crippen molar-refractivity contribution in [3.05, 3.63) is 0 Å². The SMILES string of the molecule is [H+].[H+].[H+].[H+].[Li+].[O]=[Al][O-].[O]=[Al][O-].[O]=[Al][O-].[O]=[Al][O-].[O]=[Al][O-]. The summed E-state index contributed by atoms with van der Waals surface area (Å²) < 4.78 is 84.6. The first-order valence-corrected chi connectivity index (χ1v) is 7.07. The molecule has 0 atom stereocenters. The van der Waals surface area contributed by atoms with Gasteiger partial charge in [-0.05, 0) is 0 Å². The normalized spacial score (nSPS) is 2.50. The molecule has 0 spiro atoms. The monoisotopic (exact) mass is 306 g/mol. The van der Waals surface area contributed by atoms with Crippen LogP contribution in [0.1, 0.15) is 5.71 Å². The molecule has 0 aliphatic heterocycles. The zero-order chi connectivity index (χ0) is 13.5. The summed E-state index contributed by atoms with van der Waals surface area (Å²) in [7, 11) is 0. The van der Waals surface area contributed by atoms with Gasteiger partial charge in [0.15, 0.2) is 0 Å². The summed E-state index contributed by atoms with van der Waals surface area (Å²) in [5.41, 5.74) is 0. The van der Waals surface area contributed by atoms with Crippen molar-refractivity contribution in [2.24, 2.45) is 0 Å². The van der Waals surface area contributed by atoms with Gasteiger partial charge in [-0.3, -0.25) is 0 Å². The average molecular weight is 306 g/mol. The van der Waals surface area contributed by atoms with Crippen LogP contribution in [0.25, 0.3) is 0 Å². The van der Waals surface area contributed by atoms with Crippen molar-refractivity contribution in [3.8, 4) is 0 Å². The first-order chi connectivity index (χ1) is 7.07. The van der Waals surface area contributed by atoms with Crippen LogP contribution in [0, 0.1) is 0 Å². The van der Waals surface area contributed by atoms with Crippen LogP contribution in [0.4, 0.5) is 0 Å². The predicted octanol–water partition coefficient (Wildman–Crippen LogP) is -11.0. The Morgan fingerprint density at radius 3 is 0.500 bits per heavy atom. The zero-order valence-electron chi connectivity index (χ0n) is 12.0. The second-order valence-electron chi connectivity index (χ2n) is 0.481. The van der Waals surface area contributed by atoms with E-state index in [9.17, 15) is 0 Å². The first-order valence-electron chi connectivity index (χ1n) is 2.36. The fourth-order valence-electron chi connectivity index (χ4n) is 0. The van der Waals surface area contributed by atoms with Gasteiger partial charge in [-0.2, -0.15) is 0 Å². The van der Waals surface area contributed by atoms with E-state index in [2.05, 4.69) is 0 Å². The molecule has 16 heteroatoms. The van der Waals surface area contributed by atoms with Crippen molar-refractivity contribution in [2.75, 3.05) is 0 Å². The van der Waals surface area contributed by atoms with Crippen LogP contribution < -0.4 is 39.7 Å². The van der Waals surface area contributed by atoms with Crippen LogP contribution in [-0.2, 0) is 19.0 Å². The summed E-state index contributed by atoms with van der Waals surface area (Å²) in [5.74, 6) is 0. The van der Waals surface area contributed by atoms with Crippen molar-refractivity contribution < 1.29 is 64.4 Å². The van der Waals surface area contributed by atoms with Gasteiger partial charge in [0.05, 0.1) is 0 Å². The Labute approximate surface area is 140 Å². The van der Waals surface area contributed by atoms with Gasteiger partial charge in [0.2, 0.25) is 0 Å². The van der Waals surface area contributed by atoms with E-state index in [1.54, 1.807) is 0 Å². The summed E-state index contributed by atoms with van der Waals surface area (Å²) in [4.78, 5) is 0. The Morgan fingerprint density at radius 1 is 0.500 bits per heavy atom. The molecule has 0 aliphatic rings. The van der Waals surface area contributed by atoms with E-state index in [0.29, 0.717) is 0 Å². The van der Waals surface area contributed by atoms with Crippen LogP contribution in [0.3, 0.4) is 0 Å². The van der Waals surface area contributed by atoms with Crippen molar-refractivity contribution in [1.29, 1.82) is 0 Å². The summed E-state index contributed by atoms with van der Waals surface area (Å²) >= 11 is -8.75. The van der Waals surface area contributed by atoms with Gasteiger partial charge in [0.25, 0.3) is 0 Å². The van der Waals surface area contributed by atoms with Crippen LogP contribution in [0.5, 0.6) is 0 Å². The van der Waals surface area contributed by atoms with Crippen LogP contribution in [0.2, 0.25) is 0 Å². The molecular weight excluding hydrogens is 302 g/mol. The second kappa shape index (κ2) is 96.6. The minimum atomic E-state index is -1.75. The second-order valence-corrected chi connectivity index (χ2v) is 1.44.